The summed E-state index contributed by atoms with van der Waals surface area (Å²) in [6.45, 7) is 34.8. The topological polar surface area (TPSA) is 103 Å². The average Bonchev–Trinajstić information content (AvgIpc) is 0.795. The van der Waals surface area contributed by atoms with Gasteiger partial charge in [-0.05, 0) is 136 Å². The monoisotopic (exact) mass is 2640 g/mol. The van der Waals surface area contributed by atoms with E-state index in [1.54, 1.807) is 24.8 Å². The van der Waals surface area contributed by atoms with Crippen LogP contribution >= 0.6 is 0 Å². The molecular weight excluding hydrogens is 2520 g/mol. The molecule has 0 atom stereocenters. The second-order valence-corrected chi connectivity index (χ2v) is 57.8. The maximum absolute atomic E-state index is 4.53. The Bertz CT molecular complexity index is 6690. The van der Waals surface area contributed by atoms with Crippen molar-refractivity contribution < 1.29 is 80.4 Å². The zero-order valence-electron chi connectivity index (χ0n) is 83.6. The molecule has 20 aromatic rings. The van der Waals surface area contributed by atoms with Gasteiger partial charge in [0, 0.05) is 130 Å². The molecule has 0 N–H and O–H groups in total. The van der Waals surface area contributed by atoms with Crippen LogP contribution in [0.5, 0.6) is 0 Å². The minimum atomic E-state index is -1.39. The third-order valence-electron chi connectivity index (χ3n) is 22.6. The molecule has 0 bridgehead atoms. The quantitative estimate of drug-likeness (QED) is 0.0696. The Morgan fingerprint density at radius 1 is 0.175 bits per heavy atom. The number of pyridine rings is 8. The van der Waals surface area contributed by atoms with Gasteiger partial charge in [0.25, 0.3) is 0 Å². The molecule has 0 aliphatic heterocycles. The van der Waals surface area contributed by atoms with E-state index in [-0.39, 0.29) is 80.4 Å². The Kier molecular flexibility index (Phi) is 45.4. The van der Waals surface area contributed by atoms with Crippen molar-refractivity contribution in [2.75, 3.05) is 0 Å². The first-order chi connectivity index (χ1) is 67.2. The smallest absolute Gasteiger partial charge is 0.0783 e. The Labute approximate surface area is 907 Å². The molecule has 8 nitrogen and oxygen atoms in total. The zero-order chi connectivity index (χ0) is 97.8. The summed E-state index contributed by atoms with van der Waals surface area (Å²) in [4.78, 5) is 34.8. The molecule has 0 fully saturated rings. The summed E-state index contributed by atoms with van der Waals surface area (Å²) in [7, 11) is -5.32. The summed E-state index contributed by atoms with van der Waals surface area (Å²) in [5, 5.41) is 5.96. The maximum Gasteiger partial charge on any atom is 0.0783 e. The molecular formula is C127H118Ir4N8Si4-8. The maximum atomic E-state index is 4.53. The molecule has 8 heterocycles. The molecule has 8 aromatic heterocycles. The molecule has 0 unspecified atom stereocenters. The number of aryl methyl sites for hydroxylation is 3. The number of benzene rings is 12. The molecule has 0 saturated carbocycles. The Hall–Kier alpha value is -12.7. The summed E-state index contributed by atoms with van der Waals surface area (Å²) in [5.41, 5.74) is 29.8. The Morgan fingerprint density at radius 3 is 0.783 bits per heavy atom. The van der Waals surface area contributed by atoms with Crippen LogP contribution in [0.1, 0.15) is 16.7 Å². The minimum Gasteiger partial charge on any atom is -0.305 e. The summed E-state index contributed by atoms with van der Waals surface area (Å²) >= 11 is 0. The van der Waals surface area contributed by atoms with Crippen molar-refractivity contribution in [2.45, 2.75) is 99.3 Å². The summed E-state index contributed by atoms with van der Waals surface area (Å²) in [5.74, 6) is 0. The van der Waals surface area contributed by atoms with Crippen molar-refractivity contribution in [3.05, 3.63) is 509 Å². The summed E-state index contributed by atoms with van der Waals surface area (Å²) in [6, 6.07) is 160. The minimum absolute atomic E-state index is 0. The van der Waals surface area contributed by atoms with Crippen molar-refractivity contribution in [3.8, 4) is 135 Å². The van der Waals surface area contributed by atoms with E-state index in [0.717, 1.165) is 90.1 Å². The van der Waals surface area contributed by atoms with Gasteiger partial charge in [-0.3, -0.25) is 0 Å². The standard InChI is InChI=1S/3C21H22NSi.C20H20NSi.4C11H8N.4Ir/c1-16-11-12-21(22-15-16)19-9-5-7-17(13-19)18-8-6-10-20(14-18)23(2,3)4;1-16-12-13-20(22-15-16)18-9-7-8-17(14-18)19-10-5-6-11-21(19)23(2,3)4;1-16-12-13-22-21(14-16)19-7-5-6-18(15-19)17-8-10-20(11-9-17)23(2,3)4;1-22(2,3)20-13-5-4-11-18(20)16-9-8-10-17(15-16)19-12-6-7-14-21-19;4*1-2-6-10(7-3-1)11-8-4-5-9-12-11;;;;/h2*5-8,10-15H,1-4H3;5-6,8-15H,1-4H3;4-9,11-15H,1-3H3;4*1-6,8-9H;;;;/q8*-1;;;;. The van der Waals surface area contributed by atoms with E-state index in [1.165, 1.54) is 81.9 Å². The Balaban J connectivity index is 0.000000184. The number of nitrogens with zero attached hydrogens (tertiary/aromatic N) is 8. The van der Waals surface area contributed by atoms with Crippen LogP contribution in [0.25, 0.3) is 135 Å². The molecule has 16 heteroatoms. The van der Waals surface area contributed by atoms with Crippen LogP contribution in [0, 0.1) is 69.3 Å². The number of rotatable bonds is 16. The van der Waals surface area contributed by atoms with Gasteiger partial charge in [-0.1, -0.05) is 293 Å². The zero-order valence-corrected chi connectivity index (χ0v) is 97.1. The van der Waals surface area contributed by atoms with E-state index in [9.17, 15) is 0 Å². The third-order valence-corrected chi connectivity index (χ3v) is 30.8. The van der Waals surface area contributed by atoms with E-state index in [4.69, 9.17) is 0 Å². The first-order valence-electron chi connectivity index (χ1n) is 47.0. The van der Waals surface area contributed by atoms with Crippen LogP contribution in [-0.2, 0) is 80.4 Å². The van der Waals surface area contributed by atoms with Gasteiger partial charge in [0.05, 0.1) is 32.3 Å². The normalized spacial score (nSPS) is 10.5. The van der Waals surface area contributed by atoms with Crippen LogP contribution in [0.3, 0.4) is 0 Å². The van der Waals surface area contributed by atoms with E-state index in [1.807, 2.05) is 243 Å². The molecule has 0 saturated heterocycles. The van der Waals surface area contributed by atoms with Gasteiger partial charge in [-0.25, -0.2) is 0 Å². The number of hydrogen-bond donors (Lipinski definition) is 0. The summed E-state index contributed by atoms with van der Waals surface area (Å²) in [6.07, 6.45) is 14.6. The van der Waals surface area contributed by atoms with E-state index >= 15 is 0 Å². The second-order valence-electron chi connectivity index (χ2n) is 37.6. The fourth-order valence-corrected chi connectivity index (χ4v) is 20.6. The van der Waals surface area contributed by atoms with Crippen molar-refractivity contribution in [1.29, 1.82) is 0 Å². The molecule has 20 rings (SSSR count). The second kappa shape index (κ2) is 57.0. The summed E-state index contributed by atoms with van der Waals surface area (Å²) < 4.78 is 0. The number of hydrogen-bond acceptors (Lipinski definition) is 8. The van der Waals surface area contributed by atoms with Crippen molar-refractivity contribution in [1.82, 2.24) is 39.9 Å². The van der Waals surface area contributed by atoms with Gasteiger partial charge >= 0.3 is 0 Å². The molecule has 726 valence electrons. The molecule has 0 aliphatic rings. The fourth-order valence-electron chi connectivity index (χ4n) is 15.0. The van der Waals surface area contributed by atoms with Gasteiger partial charge in [-0.2, -0.15) is 0 Å². The van der Waals surface area contributed by atoms with Crippen LogP contribution in [0.2, 0.25) is 78.6 Å². The van der Waals surface area contributed by atoms with Gasteiger partial charge in [0.2, 0.25) is 0 Å². The van der Waals surface area contributed by atoms with Crippen molar-refractivity contribution in [3.63, 3.8) is 0 Å². The fraction of sp³-hybridized carbons (Fsp3) is 0.118. The van der Waals surface area contributed by atoms with Crippen LogP contribution < -0.4 is 20.7 Å². The van der Waals surface area contributed by atoms with Crippen LogP contribution in [0.15, 0.2) is 444 Å². The largest absolute Gasteiger partial charge is 0.305 e. The van der Waals surface area contributed by atoms with Gasteiger partial charge < -0.3 is 39.9 Å². The van der Waals surface area contributed by atoms with Crippen molar-refractivity contribution >= 4 is 53.0 Å². The first kappa shape index (κ1) is 114. The van der Waals surface area contributed by atoms with Gasteiger partial charge in [0.15, 0.2) is 0 Å². The molecule has 0 amide bonds. The number of aromatic nitrogens is 8. The van der Waals surface area contributed by atoms with E-state index < -0.39 is 32.3 Å². The predicted octanol–water partition coefficient (Wildman–Crippen LogP) is 30.2. The van der Waals surface area contributed by atoms with Gasteiger partial charge in [0.1, 0.15) is 0 Å². The molecule has 12 aromatic carbocycles. The van der Waals surface area contributed by atoms with Crippen LogP contribution in [0.4, 0.5) is 0 Å². The molecule has 0 spiro atoms. The van der Waals surface area contributed by atoms with E-state index in [2.05, 4.69) is 364 Å². The first-order valence-corrected chi connectivity index (χ1v) is 61.0. The average molecular weight is 2640 g/mol. The van der Waals surface area contributed by atoms with Crippen LogP contribution in [-0.4, -0.2) is 72.2 Å². The molecule has 4 radical (unpaired) electrons. The molecule has 0 aliphatic carbocycles. The predicted molar refractivity (Wildman–Crippen MR) is 596 cm³/mol. The third kappa shape index (κ3) is 35.4. The van der Waals surface area contributed by atoms with E-state index in [0.29, 0.717) is 0 Å². The SMILES string of the molecule is C[Si](C)(C)c1ccccc1-c1cc[c-]c(-c2ccccn2)c1.Cc1ccc(-c2[c-]ccc(-c3cccc([Si](C)(C)C)c3)c2)nc1.Cc1ccc(-c2[c-]ccc(-c3ccccc3[Si](C)(C)C)c2)nc1.Cc1ccnc(-c2[c-]ccc(-c3ccc([Si](C)(C)C)cc3)c2)c1.[Ir].[Ir].[Ir].[Ir].[c-]1ccccc1-c1ccccn1.[c-]1ccccc1-c1ccccn1.[c-]1ccccc1-c1ccccn1.[c-]1ccccc1-c1ccccn1. The Morgan fingerprint density at radius 2 is 0.469 bits per heavy atom. The van der Waals surface area contributed by atoms with Crippen molar-refractivity contribution in [2.24, 2.45) is 0 Å². The molecule has 143 heavy (non-hydrogen) atoms. The van der Waals surface area contributed by atoms with Gasteiger partial charge in [-0.15, -0.1) is 285 Å².